The van der Waals surface area contributed by atoms with Gasteiger partial charge < -0.3 is 15.2 Å². The fraction of sp³-hybridized carbons (Fsp3) is 0.150. The number of nitrogens with zero attached hydrogens (tertiary/aromatic N) is 1. The lowest BCUT2D eigenvalue weighted by Gasteiger charge is -2.10. The minimum Gasteiger partial charge on any atom is -0.496 e. The molecule has 0 saturated heterocycles. The third kappa shape index (κ3) is 4.72. The first-order valence-corrected chi connectivity index (χ1v) is 7.80. The minimum atomic E-state index is 0. The molecule has 2 aromatic carbocycles. The number of hydrogen-bond acceptors (Lipinski definition) is 4. The number of nitrogens with two attached hydrogens (primary N) is 1. The van der Waals surface area contributed by atoms with Gasteiger partial charge in [-0.1, -0.05) is 42.5 Å². The molecular weight excluding hydrogens is 336 g/mol. The van der Waals surface area contributed by atoms with E-state index in [1.54, 1.807) is 13.3 Å². The van der Waals surface area contributed by atoms with E-state index in [4.69, 9.17) is 15.2 Å². The lowest BCUT2D eigenvalue weighted by molar-refractivity contribution is 0.294. The van der Waals surface area contributed by atoms with Crippen molar-refractivity contribution in [3.63, 3.8) is 0 Å². The first-order valence-electron chi connectivity index (χ1n) is 7.80. The van der Waals surface area contributed by atoms with Crippen molar-refractivity contribution in [2.24, 2.45) is 5.73 Å². The number of benzene rings is 2. The van der Waals surface area contributed by atoms with Gasteiger partial charge >= 0.3 is 0 Å². The van der Waals surface area contributed by atoms with E-state index in [0.717, 1.165) is 28.0 Å². The van der Waals surface area contributed by atoms with Crippen LogP contribution in [0.1, 0.15) is 11.1 Å². The standard InChI is InChI=1S/C20H20N2O2.ClH/c1-23-19-11-16(7-8-17(19)12-21)18-9-10-20(22-13-18)24-14-15-5-3-2-4-6-15;/h2-11,13H,12,14,21H2,1H3;1H. The van der Waals surface area contributed by atoms with E-state index >= 15 is 0 Å². The summed E-state index contributed by atoms with van der Waals surface area (Å²) in [6.07, 6.45) is 1.80. The van der Waals surface area contributed by atoms with Crippen molar-refractivity contribution in [2.45, 2.75) is 13.2 Å². The fourth-order valence-corrected chi connectivity index (χ4v) is 2.46. The molecule has 1 heterocycles. The van der Waals surface area contributed by atoms with Crippen LogP contribution in [0, 0.1) is 0 Å². The maximum absolute atomic E-state index is 5.71. The van der Waals surface area contributed by atoms with Crippen LogP contribution in [-0.2, 0) is 13.2 Å². The van der Waals surface area contributed by atoms with Crippen molar-refractivity contribution >= 4 is 12.4 Å². The zero-order valence-corrected chi connectivity index (χ0v) is 14.8. The Morgan fingerprint density at radius 3 is 2.36 bits per heavy atom. The van der Waals surface area contributed by atoms with Crippen LogP contribution in [0.5, 0.6) is 11.6 Å². The number of aromatic nitrogens is 1. The Balaban J connectivity index is 0.00000225. The highest BCUT2D eigenvalue weighted by Gasteiger charge is 2.06. The van der Waals surface area contributed by atoms with Crippen molar-refractivity contribution in [1.29, 1.82) is 0 Å². The Hall–Kier alpha value is -2.56. The molecule has 0 saturated carbocycles. The summed E-state index contributed by atoms with van der Waals surface area (Å²) in [5.41, 5.74) is 9.84. The predicted octanol–water partition coefficient (Wildman–Crippen LogP) is 4.22. The zero-order valence-electron chi connectivity index (χ0n) is 14.0. The zero-order chi connectivity index (χ0) is 16.8. The van der Waals surface area contributed by atoms with E-state index in [2.05, 4.69) is 4.98 Å². The van der Waals surface area contributed by atoms with Crippen molar-refractivity contribution in [3.8, 4) is 22.8 Å². The molecule has 1 aromatic heterocycles. The normalized spacial score (nSPS) is 10.0. The molecule has 0 aliphatic rings. The van der Waals surface area contributed by atoms with Crippen LogP contribution in [0.15, 0.2) is 66.9 Å². The monoisotopic (exact) mass is 356 g/mol. The maximum atomic E-state index is 5.71. The van der Waals surface area contributed by atoms with Gasteiger partial charge in [-0.15, -0.1) is 12.4 Å². The molecule has 2 N–H and O–H groups in total. The summed E-state index contributed by atoms with van der Waals surface area (Å²) in [5, 5.41) is 0. The molecule has 5 heteroatoms. The summed E-state index contributed by atoms with van der Waals surface area (Å²) in [7, 11) is 1.65. The molecule has 0 atom stereocenters. The number of ether oxygens (including phenoxy) is 2. The Morgan fingerprint density at radius 1 is 0.960 bits per heavy atom. The van der Waals surface area contributed by atoms with Gasteiger partial charge in [0.25, 0.3) is 0 Å². The van der Waals surface area contributed by atoms with Crippen molar-refractivity contribution < 1.29 is 9.47 Å². The first kappa shape index (κ1) is 18.8. The second-order valence-corrected chi connectivity index (χ2v) is 5.39. The van der Waals surface area contributed by atoms with Crippen LogP contribution in [0.25, 0.3) is 11.1 Å². The number of rotatable bonds is 6. The van der Waals surface area contributed by atoms with Gasteiger partial charge in [-0.3, -0.25) is 0 Å². The third-order valence-corrected chi connectivity index (χ3v) is 3.81. The van der Waals surface area contributed by atoms with E-state index in [9.17, 15) is 0 Å². The Bertz CT molecular complexity index is 793. The molecule has 25 heavy (non-hydrogen) atoms. The summed E-state index contributed by atoms with van der Waals surface area (Å²) < 4.78 is 11.1. The highest BCUT2D eigenvalue weighted by molar-refractivity contribution is 5.85. The molecule has 4 nitrogen and oxygen atoms in total. The van der Waals surface area contributed by atoms with Crippen LogP contribution < -0.4 is 15.2 Å². The molecule has 130 valence electrons. The van der Waals surface area contributed by atoms with Crippen molar-refractivity contribution in [3.05, 3.63) is 78.0 Å². The van der Waals surface area contributed by atoms with Crippen molar-refractivity contribution in [1.82, 2.24) is 4.98 Å². The molecule has 0 spiro atoms. The smallest absolute Gasteiger partial charge is 0.213 e. The summed E-state index contributed by atoms with van der Waals surface area (Å²) in [4.78, 5) is 4.38. The van der Waals surface area contributed by atoms with Gasteiger partial charge in [-0.25, -0.2) is 4.98 Å². The van der Waals surface area contributed by atoms with Gasteiger partial charge in [0.05, 0.1) is 7.11 Å². The highest BCUT2D eigenvalue weighted by Crippen LogP contribution is 2.27. The number of hydrogen-bond donors (Lipinski definition) is 1. The largest absolute Gasteiger partial charge is 0.496 e. The van der Waals surface area contributed by atoms with Gasteiger partial charge in [0.15, 0.2) is 0 Å². The van der Waals surface area contributed by atoms with Crippen molar-refractivity contribution in [2.75, 3.05) is 7.11 Å². The van der Waals surface area contributed by atoms with E-state index < -0.39 is 0 Å². The molecule has 0 aliphatic heterocycles. The van der Waals surface area contributed by atoms with E-state index in [-0.39, 0.29) is 12.4 Å². The first-order chi connectivity index (χ1) is 11.8. The van der Waals surface area contributed by atoms with Gasteiger partial charge in [-0.2, -0.15) is 0 Å². The summed E-state index contributed by atoms with van der Waals surface area (Å²) in [5.74, 6) is 1.40. The van der Waals surface area contributed by atoms with E-state index in [1.165, 1.54) is 0 Å². The number of pyridine rings is 1. The molecule has 0 radical (unpaired) electrons. The highest BCUT2D eigenvalue weighted by atomic mass is 35.5. The topological polar surface area (TPSA) is 57.4 Å². The van der Waals surface area contributed by atoms with Crippen LogP contribution in [0.4, 0.5) is 0 Å². The van der Waals surface area contributed by atoms with Gasteiger partial charge in [0.2, 0.25) is 5.88 Å². The van der Waals surface area contributed by atoms with Crippen LogP contribution in [0.2, 0.25) is 0 Å². The Kier molecular flexibility index (Phi) is 6.81. The van der Waals surface area contributed by atoms with Crippen LogP contribution in [-0.4, -0.2) is 12.1 Å². The molecule has 3 rings (SSSR count). The molecule has 3 aromatic rings. The maximum Gasteiger partial charge on any atom is 0.213 e. The lowest BCUT2D eigenvalue weighted by Crippen LogP contribution is -2.00. The molecule has 0 aliphatic carbocycles. The van der Waals surface area contributed by atoms with Crippen LogP contribution in [0.3, 0.4) is 0 Å². The SMILES string of the molecule is COc1cc(-c2ccc(OCc3ccccc3)nc2)ccc1CN.Cl. The van der Waals surface area contributed by atoms with Gasteiger partial charge in [0, 0.05) is 29.9 Å². The molecule has 0 bridgehead atoms. The molecule has 0 unspecified atom stereocenters. The lowest BCUT2D eigenvalue weighted by atomic mass is 10.0. The summed E-state index contributed by atoms with van der Waals surface area (Å²) in [6.45, 7) is 0.959. The average molecular weight is 357 g/mol. The summed E-state index contributed by atoms with van der Waals surface area (Å²) in [6, 6.07) is 19.9. The van der Waals surface area contributed by atoms with Gasteiger partial charge in [0.1, 0.15) is 12.4 Å². The third-order valence-electron chi connectivity index (χ3n) is 3.81. The average Bonchev–Trinajstić information content (AvgIpc) is 2.67. The predicted molar refractivity (Wildman–Crippen MR) is 102 cm³/mol. The minimum absolute atomic E-state index is 0. The second kappa shape index (κ2) is 9.06. The van der Waals surface area contributed by atoms with Crippen LogP contribution >= 0.6 is 12.4 Å². The summed E-state index contributed by atoms with van der Waals surface area (Å²) >= 11 is 0. The Morgan fingerprint density at radius 2 is 1.72 bits per heavy atom. The molecule has 0 fully saturated rings. The molecular formula is C20H21ClN2O2. The fourth-order valence-electron chi connectivity index (χ4n) is 2.46. The van der Waals surface area contributed by atoms with E-state index in [0.29, 0.717) is 19.0 Å². The number of methoxy groups -OCH3 is 1. The molecule has 0 amide bonds. The Labute approximate surface area is 154 Å². The van der Waals surface area contributed by atoms with Gasteiger partial charge in [-0.05, 0) is 23.3 Å². The quantitative estimate of drug-likeness (QED) is 0.718. The number of halogens is 1. The van der Waals surface area contributed by atoms with E-state index in [1.807, 2.05) is 60.7 Å². The second-order valence-electron chi connectivity index (χ2n) is 5.39.